The van der Waals surface area contributed by atoms with Gasteiger partial charge in [0.15, 0.2) is 0 Å². The summed E-state index contributed by atoms with van der Waals surface area (Å²) in [6.45, 7) is 3.32. The van der Waals surface area contributed by atoms with Crippen LogP contribution in [0.15, 0.2) is 53.0 Å². The fourth-order valence-electron chi connectivity index (χ4n) is 2.73. The molecule has 0 bridgehead atoms. The van der Waals surface area contributed by atoms with Gasteiger partial charge in [0.2, 0.25) is 5.91 Å². The minimum Gasteiger partial charge on any atom is -0.340 e. The molecule has 0 aliphatic heterocycles. The highest BCUT2D eigenvalue weighted by Gasteiger charge is 2.15. The number of aromatic nitrogens is 2. The number of carbonyl (C=O) groups excluding carboxylic acids is 1. The van der Waals surface area contributed by atoms with E-state index in [-0.39, 0.29) is 5.91 Å². The van der Waals surface area contributed by atoms with Gasteiger partial charge in [0.05, 0.1) is 24.0 Å². The van der Waals surface area contributed by atoms with Gasteiger partial charge in [-0.25, -0.2) is 4.98 Å². The number of halogens is 1. The predicted molar refractivity (Wildman–Crippen MR) is 110 cm³/mol. The first-order chi connectivity index (χ1) is 12.7. The van der Waals surface area contributed by atoms with Crippen LogP contribution in [0.1, 0.15) is 24.7 Å². The lowest BCUT2D eigenvalue weighted by molar-refractivity contribution is -0.131. The molecular weight excluding hydrogens is 390 g/mol. The van der Waals surface area contributed by atoms with Crippen molar-refractivity contribution in [3.8, 4) is 12.8 Å². The van der Waals surface area contributed by atoms with Crippen LogP contribution in [0.3, 0.4) is 0 Å². The third-order valence-corrected chi connectivity index (χ3v) is 4.37. The van der Waals surface area contributed by atoms with Gasteiger partial charge in [0.25, 0.3) is 0 Å². The molecule has 0 spiro atoms. The molecular formula is C21H22BrN3O. The molecule has 0 unspecified atom stereocenters. The highest BCUT2D eigenvalue weighted by atomic mass is 79.9. The summed E-state index contributed by atoms with van der Waals surface area (Å²) < 4.78 is 1.01. The smallest absolute Gasteiger partial charge is 0.227 e. The maximum atomic E-state index is 12.7. The molecule has 2 aromatic carbocycles. The lowest BCUT2D eigenvalue weighted by Gasteiger charge is -2.21. The molecule has 3 rings (SSSR count). The zero-order valence-corrected chi connectivity index (χ0v) is 16.4. The Hall–Kier alpha value is -2.58. The third kappa shape index (κ3) is 5.21. The van der Waals surface area contributed by atoms with E-state index in [0.717, 1.165) is 39.9 Å². The quantitative estimate of drug-likeness (QED) is 0.604. The fourth-order valence-corrected chi connectivity index (χ4v) is 3.10. The van der Waals surface area contributed by atoms with Gasteiger partial charge in [-0.1, -0.05) is 53.2 Å². The van der Waals surface area contributed by atoms with Gasteiger partial charge in [0, 0.05) is 11.0 Å². The summed E-state index contributed by atoms with van der Waals surface area (Å²) in [5, 5.41) is 0. The van der Waals surface area contributed by atoms with Crippen LogP contribution in [0.5, 0.6) is 0 Å². The van der Waals surface area contributed by atoms with Crippen molar-refractivity contribution in [2.75, 3.05) is 6.54 Å². The molecule has 0 aliphatic carbocycles. The van der Waals surface area contributed by atoms with Crippen LogP contribution in [0, 0.1) is 12.8 Å². The molecule has 0 fully saturated rings. The molecule has 0 saturated heterocycles. The predicted octanol–water partition coefficient (Wildman–Crippen LogP) is 4.56. The van der Waals surface area contributed by atoms with Gasteiger partial charge in [0.1, 0.15) is 5.82 Å². The summed E-state index contributed by atoms with van der Waals surface area (Å²) in [5.74, 6) is 0.947. The number of amides is 1. The van der Waals surface area contributed by atoms with Crippen molar-refractivity contribution in [3.63, 3.8) is 0 Å². The Kier molecular flexibility index (Phi) is 7.43. The SMILES string of the molecule is C#C.CCCN(Cc1nc2ccc(Br)cc2[nH]1)C(=O)Cc1ccccc1. The summed E-state index contributed by atoms with van der Waals surface area (Å²) in [6, 6.07) is 15.8. The molecule has 0 aliphatic rings. The van der Waals surface area contributed by atoms with Gasteiger partial charge >= 0.3 is 0 Å². The molecule has 5 heteroatoms. The average Bonchev–Trinajstić information content (AvgIpc) is 3.05. The number of imidazole rings is 1. The van der Waals surface area contributed by atoms with Gasteiger partial charge in [-0.3, -0.25) is 4.79 Å². The number of benzene rings is 2. The Morgan fingerprint density at radius 3 is 2.62 bits per heavy atom. The van der Waals surface area contributed by atoms with Crippen LogP contribution in [-0.2, 0) is 17.8 Å². The normalized spacial score (nSPS) is 10.2. The average molecular weight is 412 g/mol. The fraction of sp³-hybridized carbons (Fsp3) is 0.238. The second-order valence-electron chi connectivity index (χ2n) is 5.82. The molecule has 26 heavy (non-hydrogen) atoms. The standard InChI is InChI=1S/C19H20BrN3O.C2H2/c1-2-10-23(19(24)11-14-6-4-3-5-7-14)13-18-21-16-9-8-15(20)12-17(16)22-18;1-2/h3-9,12H,2,10-11,13H2,1H3,(H,21,22);1-2H. The number of H-pyrrole nitrogens is 1. The Bertz CT molecular complexity index is 871. The van der Waals surface area contributed by atoms with E-state index in [2.05, 4.69) is 45.7 Å². The second kappa shape index (κ2) is 9.79. The zero-order valence-electron chi connectivity index (χ0n) is 14.8. The number of hydrogen-bond acceptors (Lipinski definition) is 2. The van der Waals surface area contributed by atoms with Crippen LogP contribution in [0.2, 0.25) is 0 Å². The Labute approximate surface area is 162 Å². The summed E-state index contributed by atoms with van der Waals surface area (Å²) in [5.41, 5.74) is 2.93. The molecule has 134 valence electrons. The Balaban J connectivity index is 0.00000117. The molecule has 1 N–H and O–H groups in total. The number of rotatable bonds is 6. The molecule has 0 atom stereocenters. The summed E-state index contributed by atoms with van der Waals surface area (Å²) in [6.07, 6.45) is 9.35. The van der Waals surface area contributed by atoms with E-state index in [1.54, 1.807) is 0 Å². The van der Waals surface area contributed by atoms with Gasteiger partial charge in [-0.15, -0.1) is 12.8 Å². The number of carbonyl (C=O) groups is 1. The Morgan fingerprint density at radius 2 is 1.92 bits per heavy atom. The molecule has 1 aromatic heterocycles. The first-order valence-electron chi connectivity index (χ1n) is 8.45. The second-order valence-corrected chi connectivity index (χ2v) is 6.74. The van der Waals surface area contributed by atoms with E-state index in [1.165, 1.54) is 0 Å². The van der Waals surface area contributed by atoms with Crippen molar-refractivity contribution in [3.05, 3.63) is 64.4 Å². The number of fused-ring (bicyclic) bond motifs is 1. The van der Waals surface area contributed by atoms with Gasteiger partial charge in [-0.2, -0.15) is 0 Å². The van der Waals surface area contributed by atoms with Crippen molar-refractivity contribution in [2.24, 2.45) is 0 Å². The molecule has 1 amide bonds. The number of nitrogens with one attached hydrogen (secondary N) is 1. The van der Waals surface area contributed by atoms with Crippen LogP contribution in [0.25, 0.3) is 11.0 Å². The van der Waals surface area contributed by atoms with Crippen LogP contribution in [0.4, 0.5) is 0 Å². The molecule has 0 radical (unpaired) electrons. The van der Waals surface area contributed by atoms with E-state index in [1.807, 2.05) is 53.4 Å². The van der Waals surface area contributed by atoms with Crippen molar-refractivity contribution >= 4 is 32.9 Å². The van der Waals surface area contributed by atoms with E-state index in [0.29, 0.717) is 13.0 Å². The minimum atomic E-state index is 0.129. The van der Waals surface area contributed by atoms with Crippen LogP contribution >= 0.6 is 15.9 Å². The van der Waals surface area contributed by atoms with Crippen molar-refractivity contribution in [1.29, 1.82) is 0 Å². The lowest BCUT2D eigenvalue weighted by Crippen LogP contribution is -2.33. The van der Waals surface area contributed by atoms with E-state index in [4.69, 9.17) is 0 Å². The van der Waals surface area contributed by atoms with E-state index in [9.17, 15) is 4.79 Å². The van der Waals surface area contributed by atoms with Gasteiger partial charge < -0.3 is 9.88 Å². The molecule has 4 nitrogen and oxygen atoms in total. The molecule has 3 aromatic rings. The number of aromatic amines is 1. The third-order valence-electron chi connectivity index (χ3n) is 3.88. The topological polar surface area (TPSA) is 49.0 Å². The lowest BCUT2D eigenvalue weighted by atomic mass is 10.1. The van der Waals surface area contributed by atoms with Crippen LogP contribution < -0.4 is 0 Å². The highest BCUT2D eigenvalue weighted by molar-refractivity contribution is 9.10. The van der Waals surface area contributed by atoms with Gasteiger partial charge in [-0.05, 0) is 30.2 Å². The summed E-state index contributed by atoms with van der Waals surface area (Å²) in [7, 11) is 0. The minimum absolute atomic E-state index is 0.129. The first-order valence-corrected chi connectivity index (χ1v) is 9.24. The largest absolute Gasteiger partial charge is 0.340 e. The maximum absolute atomic E-state index is 12.7. The van der Waals surface area contributed by atoms with Crippen molar-refractivity contribution < 1.29 is 4.79 Å². The monoisotopic (exact) mass is 411 g/mol. The van der Waals surface area contributed by atoms with Crippen molar-refractivity contribution in [2.45, 2.75) is 26.3 Å². The van der Waals surface area contributed by atoms with E-state index >= 15 is 0 Å². The Morgan fingerprint density at radius 1 is 1.19 bits per heavy atom. The maximum Gasteiger partial charge on any atom is 0.227 e. The molecule has 0 saturated carbocycles. The zero-order chi connectivity index (χ0) is 18.9. The van der Waals surface area contributed by atoms with Crippen LogP contribution in [-0.4, -0.2) is 27.3 Å². The number of terminal acetylenes is 1. The first kappa shape index (κ1) is 19.7. The van der Waals surface area contributed by atoms with E-state index < -0.39 is 0 Å². The number of nitrogens with zero attached hydrogens (tertiary/aromatic N) is 2. The summed E-state index contributed by atoms with van der Waals surface area (Å²) in [4.78, 5) is 22.4. The number of hydrogen-bond donors (Lipinski definition) is 1. The van der Waals surface area contributed by atoms with Crippen molar-refractivity contribution in [1.82, 2.24) is 14.9 Å². The highest BCUT2D eigenvalue weighted by Crippen LogP contribution is 2.18. The molecule has 1 heterocycles. The summed E-state index contributed by atoms with van der Waals surface area (Å²) >= 11 is 3.47.